The summed E-state index contributed by atoms with van der Waals surface area (Å²) in [4.78, 5) is -0.904. The lowest BCUT2D eigenvalue weighted by Crippen LogP contribution is -2.34. The molecule has 0 aliphatic carbocycles. The summed E-state index contributed by atoms with van der Waals surface area (Å²) in [6.45, 7) is 8.95. The number of hydrogen-bond donors (Lipinski definition) is 2. The van der Waals surface area contributed by atoms with Crippen molar-refractivity contribution in [3.05, 3.63) is 12.1 Å². The monoisotopic (exact) mass is 492 g/mol. The molecule has 0 aliphatic rings. The van der Waals surface area contributed by atoms with E-state index >= 15 is 0 Å². The molecule has 0 aliphatic heterocycles. The van der Waals surface area contributed by atoms with Crippen LogP contribution in [0, 0.1) is 0 Å². The highest BCUT2D eigenvalue weighted by molar-refractivity contribution is 7.90. The standard InChI is InChI=1S/C22H40N2O6S2/c1-5-9-13-23(14-10-6-2)31(27,28)19-17-20(25)22(26)21(18-19)32(29,30)24(15-11-7-3)16-12-8-4/h17-18,25-26H,5-16H2,1-4H3. The lowest BCUT2D eigenvalue weighted by atomic mass is 10.3. The third kappa shape index (κ3) is 7.33. The summed E-state index contributed by atoms with van der Waals surface area (Å²) in [5, 5.41) is 20.6. The van der Waals surface area contributed by atoms with Gasteiger partial charge in [0.25, 0.3) is 0 Å². The molecule has 0 heterocycles. The molecular weight excluding hydrogens is 452 g/mol. The second-order valence-electron chi connectivity index (χ2n) is 8.01. The van der Waals surface area contributed by atoms with Crippen LogP contribution in [0.3, 0.4) is 0 Å². The van der Waals surface area contributed by atoms with Crippen LogP contribution in [-0.2, 0) is 20.0 Å². The van der Waals surface area contributed by atoms with Crippen molar-refractivity contribution in [3.8, 4) is 11.5 Å². The second kappa shape index (κ2) is 13.4. The second-order valence-corrected chi connectivity index (χ2v) is 11.9. The molecule has 186 valence electrons. The number of hydrogen-bond acceptors (Lipinski definition) is 6. The zero-order chi connectivity index (χ0) is 24.4. The molecule has 0 fully saturated rings. The maximum atomic E-state index is 13.4. The van der Waals surface area contributed by atoms with E-state index in [-0.39, 0.29) is 18.0 Å². The van der Waals surface area contributed by atoms with Gasteiger partial charge in [0.1, 0.15) is 4.90 Å². The number of aromatic hydroxyl groups is 2. The fourth-order valence-electron chi connectivity index (χ4n) is 3.24. The van der Waals surface area contributed by atoms with Crippen molar-refractivity contribution in [1.29, 1.82) is 0 Å². The number of benzene rings is 1. The van der Waals surface area contributed by atoms with Gasteiger partial charge >= 0.3 is 0 Å². The van der Waals surface area contributed by atoms with Crippen molar-refractivity contribution >= 4 is 20.0 Å². The minimum Gasteiger partial charge on any atom is -0.504 e. The molecule has 0 aromatic heterocycles. The Labute approximate surface area is 194 Å². The van der Waals surface area contributed by atoms with Crippen LogP contribution < -0.4 is 0 Å². The number of nitrogens with zero attached hydrogens (tertiary/aromatic N) is 2. The highest BCUT2D eigenvalue weighted by atomic mass is 32.2. The molecule has 0 saturated carbocycles. The van der Waals surface area contributed by atoms with Crippen molar-refractivity contribution in [3.63, 3.8) is 0 Å². The van der Waals surface area contributed by atoms with Crippen LogP contribution in [0.1, 0.15) is 79.1 Å². The predicted molar refractivity (Wildman–Crippen MR) is 127 cm³/mol. The number of phenolic OH excluding ortho intramolecular Hbond substituents is 2. The number of unbranched alkanes of at least 4 members (excludes halogenated alkanes) is 4. The maximum absolute atomic E-state index is 13.4. The van der Waals surface area contributed by atoms with E-state index in [2.05, 4.69) is 0 Å². The first-order valence-electron chi connectivity index (χ1n) is 11.6. The van der Waals surface area contributed by atoms with Crippen LogP contribution in [0.5, 0.6) is 11.5 Å². The quantitative estimate of drug-likeness (QED) is 0.333. The van der Waals surface area contributed by atoms with Crippen molar-refractivity contribution in [2.45, 2.75) is 88.9 Å². The van der Waals surface area contributed by atoms with Gasteiger partial charge in [-0.1, -0.05) is 53.4 Å². The van der Waals surface area contributed by atoms with Crippen molar-refractivity contribution in [2.24, 2.45) is 0 Å². The van der Waals surface area contributed by atoms with Crippen molar-refractivity contribution in [1.82, 2.24) is 8.61 Å². The van der Waals surface area contributed by atoms with Crippen LogP contribution in [0.25, 0.3) is 0 Å². The summed E-state index contributed by atoms with van der Waals surface area (Å²) in [7, 11) is -8.25. The van der Waals surface area contributed by atoms with E-state index in [0.29, 0.717) is 38.8 Å². The van der Waals surface area contributed by atoms with Gasteiger partial charge in [-0.25, -0.2) is 16.8 Å². The highest BCUT2D eigenvalue weighted by Crippen LogP contribution is 2.37. The van der Waals surface area contributed by atoms with Gasteiger partial charge < -0.3 is 10.2 Å². The number of sulfonamides is 2. The smallest absolute Gasteiger partial charge is 0.246 e. The van der Waals surface area contributed by atoms with Gasteiger partial charge in [0.2, 0.25) is 20.0 Å². The molecule has 1 aromatic rings. The Morgan fingerprint density at radius 3 is 1.41 bits per heavy atom. The molecule has 0 saturated heterocycles. The first-order chi connectivity index (χ1) is 15.1. The van der Waals surface area contributed by atoms with Gasteiger partial charge in [-0.05, 0) is 31.7 Å². The third-order valence-electron chi connectivity index (χ3n) is 5.33. The Hall–Kier alpha value is -1.36. The molecule has 0 bridgehead atoms. The molecular formula is C22H40N2O6S2. The molecule has 0 unspecified atom stereocenters. The normalized spacial score (nSPS) is 12.7. The third-order valence-corrected chi connectivity index (χ3v) is 9.12. The van der Waals surface area contributed by atoms with E-state index in [0.717, 1.165) is 37.8 Å². The van der Waals surface area contributed by atoms with Gasteiger partial charge in [0, 0.05) is 32.2 Å². The topological polar surface area (TPSA) is 115 Å². The zero-order valence-electron chi connectivity index (χ0n) is 19.9. The Balaban J connectivity index is 3.52. The number of phenols is 2. The van der Waals surface area contributed by atoms with Crippen LogP contribution in [-0.4, -0.2) is 61.8 Å². The van der Waals surface area contributed by atoms with E-state index in [4.69, 9.17) is 0 Å². The summed E-state index contributed by atoms with van der Waals surface area (Å²) in [5.74, 6) is -1.59. The SMILES string of the molecule is CCCCN(CCCC)S(=O)(=O)c1cc(O)c(O)c(S(=O)(=O)N(CCCC)CCCC)c1. The van der Waals surface area contributed by atoms with Crippen LogP contribution in [0.4, 0.5) is 0 Å². The average molecular weight is 493 g/mol. The molecule has 0 atom stereocenters. The lowest BCUT2D eigenvalue weighted by molar-refractivity contribution is 0.374. The van der Waals surface area contributed by atoms with Crippen LogP contribution >= 0.6 is 0 Å². The van der Waals surface area contributed by atoms with Gasteiger partial charge in [-0.3, -0.25) is 0 Å². The summed E-state index contributed by atoms with van der Waals surface area (Å²) < 4.78 is 56.0. The van der Waals surface area contributed by atoms with E-state index in [1.54, 1.807) is 0 Å². The van der Waals surface area contributed by atoms with E-state index < -0.39 is 36.4 Å². The van der Waals surface area contributed by atoms with Gasteiger partial charge in [0.15, 0.2) is 11.5 Å². The minimum atomic E-state index is -4.20. The Kier molecular flexibility index (Phi) is 12.0. The van der Waals surface area contributed by atoms with Gasteiger partial charge in [-0.15, -0.1) is 0 Å². The summed E-state index contributed by atoms with van der Waals surface area (Å²) in [6, 6.07) is 1.91. The summed E-state index contributed by atoms with van der Waals surface area (Å²) >= 11 is 0. The van der Waals surface area contributed by atoms with E-state index in [9.17, 15) is 27.0 Å². The Bertz CT molecular complexity index is 901. The first kappa shape index (κ1) is 28.7. The van der Waals surface area contributed by atoms with E-state index in [1.807, 2.05) is 27.7 Å². The number of rotatable bonds is 16. The Morgan fingerprint density at radius 1 is 0.656 bits per heavy atom. The highest BCUT2D eigenvalue weighted by Gasteiger charge is 2.32. The largest absolute Gasteiger partial charge is 0.504 e. The molecule has 1 rings (SSSR count). The van der Waals surface area contributed by atoms with Crippen molar-refractivity contribution in [2.75, 3.05) is 26.2 Å². The van der Waals surface area contributed by atoms with Crippen LogP contribution in [0.2, 0.25) is 0 Å². The fourth-order valence-corrected chi connectivity index (χ4v) is 6.53. The molecule has 10 heteroatoms. The van der Waals surface area contributed by atoms with Crippen molar-refractivity contribution < 1.29 is 27.0 Å². The predicted octanol–water partition coefficient (Wildman–Crippen LogP) is 4.28. The molecule has 2 N–H and O–H groups in total. The molecule has 0 amide bonds. The zero-order valence-corrected chi connectivity index (χ0v) is 21.5. The molecule has 0 spiro atoms. The lowest BCUT2D eigenvalue weighted by Gasteiger charge is -2.25. The fraction of sp³-hybridized carbons (Fsp3) is 0.727. The maximum Gasteiger partial charge on any atom is 0.246 e. The molecule has 1 aromatic carbocycles. The summed E-state index contributed by atoms with van der Waals surface area (Å²) in [5.41, 5.74) is 0. The van der Waals surface area contributed by atoms with E-state index in [1.165, 1.54) is 8.61 Å². The molecule has 32 heavy (non-hydrogen) atoms. The van der Waals surface area contributed by atoms with Gasteiger partial charge in [0.05, 0.1) is 4.90 Å². The first-order valence-corrected chi connectivity index (χ1v) is 14.5. The molecule has 0 radical (unpaired) electrons. The summed E-state index contributed by atoms with van der Waals surface area (Å²) in [6.07, 6.45) is 5.79. The molecule has 8 nitrogen and oxygen atoms in total. The average Bonchev–Trinajstić information content (AvgIpc) is 2.75. The van der Waals surface area contributed by atoms with Gasteiger partial charge in [-0.2, -0.15) is 8.61 Å². The Morgan fingerprint density at radius 2 is 1.03 bits per heavy atom. The minimum absolute atomic E-state index is 0.259. The van der Waals surface area contributed by atoms with Crippen LogP contribution in [0.15, 0.2) is 21.9 Å².